The second-order valence-corrected chi connectivity index (χ2v) is 5.91. The van der Waals surface area contributed by atoms with Crippen LogP contribution in [0.25, 0.3) is 0 Å². The summed E-state index contributed by atoms with van der Waals surface area (Å²) in [7, 11) is 3.62. The molecular weight excluding hydrogens is 338 g/mol. The Kier molecular flexibility index (Phi) is 5.08. The van der Waals surface area contributed by atoms with E-state index in [4.69, 9.17) is 16.3 Å². The standard InChI is InChI=1S/C16H17BrClNO/c1-10-7-15(20-3)13(9-14(10)17)16(19-2)11-5-4-6-12(18)8-11/h4-9,16,19H,1-3H3. The Morgan fingerprint density at radius 3 is 2.60 bits per heavy atom. The molecule has 0 aliphatic heterocycles. The molecule has 2 aromatic rings. The molecule has 0 amide bonds. The van der Waals surface area contributed by atoms with Crippen molar-refractivity contribution in [3.8, 4) is 5.75 Å². The fourth-order valence-electron chi connectivity index (χ4n) is 2.26. The lowest BCUT2D eigenvalue weighted by atomic mass is 9.97. The first-order valence-corrected chi connectivity index (χ1v) is 7.50. The van der Waals surface area contributed by atoms with E-state index in [0.717, 1.165) is 31.9 Å². The Hall–Kier alpha value is -1.03. The molecule has 2 rings (SSSR count). The monoisotopic (exact) mass is 353 g/mol. The number of halogens is 2. The minimum Gasteiger partial charge on any atom is -0.496 e. The van der Waals surface area contributed by atoms with E-state index in [-0.39, 0.29) is 6.04 Å². The van der Waals surface area contributed by atoms with Gasteiger partial charge in [-0.25, -0.2) is 0 Å². The van der Waals surface area contributed by atoms with Crippen molar-refractivity contribution < 1.29 is 4.74 Å². The van der Waals surface area contributed by atoms with Gasteiger partial charge in [-0.3, -0.25) is 0 Å². The summed E-state index contributed by atoms with van der Waals surface area (Å²) in [6.07, 6.45) is 0. The van der Waals surface area contributed by atoms with Crippen LogP contribution in [0.3, 0.4) is 0 Å². The second kappa shape index (κ2) is 6.61. The van der Waals surface area contributed by atoms with Crippen molar-refractivity contribution in [2.45, 2.75) is 13.0 Å². The Balaban J connectivity index is 2.54. The number of hydrogen-bond donors (Lipinski definition) is 1. The Labute approximate surface area is 133 Å². The maximum atomic E-state index is 6.10. The molecule has 0 aliphatic carbocycles. The van der Waals surface area contributed by atoms with Gasteiger partial charge in [-0.05, 0) is 49.4 Å². The highest BCUT2D eigenvalue weighted by Gasteiger charge is 2.18. The molecule has 1 unspecified atom stereocenters. The molecule has 1 N–H and O–H groups in total. The molecule has 0 saturated heterocycles. The number of nitrogens with one attached hydrogen (secondary N) is 1. The van der Waals surface area contributed by atoms with E-state index in [1.54, 1.807) is 7.11 Å². The maximum Gasteiger partial charge on any atom is 0.124 e. The van der Waals surface area contributed by atoms with Gasteiger partial charge < -0.3 is 10.1 Å². The SMILES string of the molecule is CNC(c1cccc(Cl)c1)c1cc(Br)c(C)cc1OC. The first-order valence-electron chi connectivity index (χ1n) is 6.33. The van der Waals surface area contributed by atoms with Gasteiger partial charge in [0.05, 0.1) is 13.2 Å². The minimum absolute atomic E-state index is 0.0283. The van der Waals surface area contributed by atoms with E-state index in [0.29, 0.717) is 0 Å². The topological polar surface area (TPSA) is 21.3 Å². The molecular formula is C16H17BrClNO. The van der Waals surface area contributed by atoms with Gasteiger partial charge in [-0.2, -0.15) is 0 Å². The molecule has 0 fully saturated rings. The van der Waals surface area contributed by atoms with Gasteiger partial charge >= 0.3 is 0 Å². The third-order valence-electron chi connectivity index (χ3n) is 3.29. The number of rotatable bonds is 4. The van der Waals surface area contributed by atoms with Crippen molar-refractivity contribution in [1.29, 1.82) is 0 Å². The van der Waals surface area contributed by atoms with Gasteiger partial charge in [0.15, 0.2) is 0 Å². The zero-order chi connectivity index (χ0) is 14.7. The fraction of sp³-hybridized carbons (Fsp3) is 0.250. The quantitative estimate of drug-likeness (QED) is 0.857. The maximum absolute atomic E-state index is 6.10. The first-order chi connectivity index (χ1) is 9.56. The molecule has 0 aliphatic rings. The molecule has 4 heteroatoms. The lowest BCUT2D eigenvalue weighted by Gasteiger charge is -2.21. The van der Waals surface area contributed by atoms with Crippen LogP contribution in [-0.2, 0) is 0 Å². The third-order valence-corrected chi connectivity index (χ3v) is 4.38. The van der Waals surface area contributed by atoms with Crippen molar-refractivity contribution in [1.82, 2.24) is 5.32 Å². The van der Waals surface area contributed by atoms with Crippen molar-refractivity contribution in [3.63, 3.8) is 0 Å². The molecule has 20 heavy (non-hydrogen) atoms. The van der Waals surface area contributed by atoms with Gasteiger partial charge in [-0.15, -0.1) is 0 Å². The van der Waals surface area contributed by atoms with Gasteiger partial charge in [-0.1, -0.05) is 39.7 Å². The van der Waals surface area contributed by atoms with Crippen LogP contribution in [0.4, 0.5) is 0 Å². The molecule has 2 nitrogen and oxygen atoms in total. The van der Waals surface area contributed by atoms with Crippen LogP contribution in [0.5, 0.6) is 5.75 Å². The lowest BCUT2D eigenvalue weighted by molar-refractivity contribution is 0.405. The highest BCUT2D eigenvalue weighted by atomic mass is 79.9. The average Bonchev–Trinajstić information content (AvgIpc) is 2.43. The van der Waals surface area contributed by atoms with Gasteiger partial charge in [0.25, 0.3) is 0 Å². The van der Waals surface area contributed by atoms with Crippen LogP contribution in [0, 0.1) is 6.92 Å². The zero-order valence-corrected chi connectivity index (χ0v) is 14.0. The number of ether oxygens (including phenoxy) is 1. The van der Waals surface area contributed by atoms with Crippen molar-refractivity contribution in [3.05, 3.63) is 62.6 Å². The molecule has 0 aromatic heterocycles. The lowest BCUT2D eigenvalue weighted by Crippen LogP contribution is -2.18. The summed E-state index contributed by atoms with van der Waals surface area (Å²) in [5.74, 6) is 0.866. The van der Waals surface area contributed by atoms with E-state index in [2.05, 4.69) is 33.4 Å². The molecule has 0 radical (unpaired) electrons. The molecule has 2 aromatic carbocycles. The molecule has 0 saturated carbocycles. The first kappa shape index (κ1) is 15.4. The Morgan fingerprint density at radius 1 is 1.25 bits per heavy atom. The van der Waals surface area contributed by atoms with Crippen molar-refractivity contribution in [2.75, 3.05) is 14.2 Å². The highest BCUT2D eigenvalue weighted by molar-refractivity contribution is 9.10. The van der Waals surface area contributed by atoms with Crippen LogP contribution < -0.4 is 10.1 Å². The Bertz CT molecular complexity index is 615. The summed E-state index contributed by atoms with van der Waals surface area (Å²) in [5.41, 5.74) is 3.33. The van der Waals surface area contributed by atoms with E-state index in [9.17, 15) is 0 Å². The van der Waals surface area contributed by atoms with Crippen LogP contribution >= 0.6 is 27.5 Å². The number of benzene rings is 2. The summed E-state index contributed by atoms with van der Waals surface area (Å²) in [6, 6.07) is 12.0. The molecule has 0 heterocycles. The minimum atomic E-state index is 0.0283. The van der Waals surface area contributed by atoms with Crippen molar-refractivity contribution >= 4 is 27.5 Å². The zero-order valence-electron chi connectivity index (χ0n) is 11.7. The van der Waals surface area contributed by atoms with Crippen LogP contribution in [-0.4, -0.2) is 14.2 Å². The van der Waals surface area contributed by atoms with Crippen LogP contribution in [0.2, 0.25) is 5.02 Å². The largest absolute Gasteiger partial charge is 0.496 e. The van der Waals surface area contributed by atoms with Crippen LogP contribution in [0.1, 0.15) is 22.7 Å². The van der Waals surface area contributed by atoms with Crippen LogP contribution in [0.15, 0.2) is 40.9 Å². The summed E-state index contributed by atoms with van der Waals surface area (Å²) >= 11 is 9.68. The highest BCUT2D eigenvalue weighted by Crippen LogP contribution is 2.34. The van der Waals surface area contributed by atoms with Gasteiger partial charge in [0.2, 0.25) is 0 Å². The third kappa shape index (κ3) is 3.17. The molecule has 106 valence electrons. The second-order valence-electron chi connectivity index (χ2n) is 4.62. The van der Waals surface area contributed by atoms with E-state index >= 15 is 0 Å². The van der Waals surface area contributed by atoms with Gasteiger partial charge in [0.1, 0.15) is 5.75 Å². The predicted molar refractivity (Wildman–Crippen MR) is 87.8 cm³/mol. The molecule has 0 spiro atoms. The smallest absolute Gasteiger partial charge is 0.124 e. The average molecular weight is 355 g/mol. The summed E-state index contributed by atoms with van der Waals surface area (Å²) < 4.78 is 6.59. The number of hydrogen-bond acceptors (Lipinski definition) is 2. The Morgan fingerprint density at radius 2 is 2.00 bits per heavy atom. The van der Waals surface area contributed by atoms with E-state index < -0.39 is 0 Å². The van der Waals surface area contributed by atoms with Crippen molar-refractivity contribution in [2.24, 2.45) is 0 Å². The van der Waals surface area contributed by atoms with E-state index in [1.807, 2.05) is 38.2 Å². The fourth-order valence-corrected chi connectivity index (χ4v) is 2.82. The number of methoxy groups -OCH3 is 1. The normalized spacial score (nSPS) is 12.2. The predicted octanol–water partition coefficient (Wildman–Crippen LogP) is 4.73. The van der Waals surface area contributed by atoms with E-state index in [1.165, 1.54) is 0 Å². The summed E-state index contributed by atoms with van der Waals surface area (Å²) in [6.45, 7) is 2.05. The molecule has 0 bridgehead atoms. The number of aryl methyl sites for hydroxylation is 1. The van der Waals surface area contributed by atoms with Gasteiger partial charge in [0, 0.05) is 15.1 Å². The molecule has 1 atom stereocenters. The summed E-state index contributed by atoms with van der Waals surface area (Å²) in [5, 5.41) is 4.05. The summed E-state index contributed by atoms with van der Waals surface area (Å²) in [4.78, 5) is 0.